The number of H-pyrrole nitrogens is 1. The van der Waals surface area contributed by atoms with Crippen molar-refractivity contribution in [2.24, 2.45) is 0 Å². The third kappa shape index (κ3) is 3.00. The number of imidazole rings is 2. The van der Waals surface area contributed by atoms with Crippen molar-refractivity contribution in [2.75, 3.05) is 13.1 Å². The molecule has 3 aromatic heterocycles. The number of hydrogen-bond donors (Lipinski definition) is 1. The van der Waals surface area contributed by atoms with Crippen LogP contribution in [0.4, 0.5) is 4.39 Å². The van der Waals surface area contributed by atoms with Gasteiger partial charge in [-0.1, -0.05) is 6.07 Å². The average molecular weight is 363 g/mol. The van der Waals surface area contributed by atoms with E-state index >= 15 is 0 Å². The van der Waals surface area contributed by atoms with Crippen molar-refractivity contribution in [1.82, 2.24) is 24.3 Å². The van der Waals surface area contributed by atoms with Crippen molar-refractivity contribution >= 4 is 16.6 Å². The first-order valence-electron chi connectivity index (χ1n) is 9.47. The number of pyridine rings is 1. The summed E-state index contributed by atoms with van der Waals surface area (Å²) in [4.78, 5) is 15.2. The Morgan fingerprint density at radius 2 is 2.00 bits per heavy atom. The van der Waals surface area contributed by atoms with Crippen molar-refractivity contribution in [3.63, 3.8) is 0 Å². The summed E-state index contributed by atoms with van der Waals surface area (Å²) in [6.07, 6.45) is 4.16. The number of fused-ring (bicyclic) bond motifs is 2. The number of piperidine rings is 1. The van der Waals surface area contributed by atoms with Crippen LogP contribution in [0.1, 0.15) is 36.1 Å². The Bertz CT molecular complexity index is 1100. The van der Waals surface area contributed by atoms with Gasteiger partial charge in [0, 0.05) is 18.7 Å². The molecule has 0 unspecified atom stereocenters. The van der Waals surface area contributed by atoms with E-state index in [9.17, 15) is 4.39 Å². The molecule has 1 aliphatic heterocycles. The minimum atomic E-state index is -0.227. The molecule has 4 aromatic rings. The third-order valence-electron chi connectivity index (χ3n) is 5.61. The summed E-state index contributed by atoms with van der Waals surface area (Å²) in [5, 5.41) is 0. The van der Waals surface area contributed by atoms with Gasteiger partial charge in [-0.3, -0.25) is 4.90 Å². The lowest BCUT2D eigenvalue weighted by molar-refractivity contribution is 0.201. The van der Waals surface area contributed by atoms with E-state index in [2.05, 4.69) is 37.6 Å². The molecule has 0 amide bonds. The number of hydrogen-bond acceptors (Lipinski definition) is 3. The molecule has 0 bridgehead atoms. The molecule has 6 heteroatoms. The lowest BCUT2D eigenvalue weighted by Gasteiger charge is -2.30. The van der Waals surface area contributed by atoms with Gasteiger partial charge in [0.25, 0.3) is 0 Å². The molecule has 4 heterocycles. The fraction of sp³-hybridized carbons (Fsp3) is 0.333. The van der Waals surface area contributed by atoms with Gasteiger partial charge in [0.2, 0.25) is 0 Å². The summed E-state index contributed by atoms with van der Waals surface area (Å²) < 4.78 is 15.5. The fourth-order valence-corrected chi connectivity index (χ4v) is 4.15. The van der Waals surface area contributed by atoms with E-state index in [1.807, 2.05) is 13.0 Å². The first kappa shape index (κ1) is 16.4. The number of rotatable bonds is 3. The fourth-order valence-electron chi connectivity index (χ4n) is 4.15. The summed E-state index contributed by atoms with van der Waals surface area (Å²) in [7, 11) is 0. The zero-order valence-electron chi connectivity index (χ0n) is 15.3. The van der Waals surface area contributed by atoms with Gasteiger partial charge < -0.3 is 9.38 Å². The predicted molar refractivity (Wildman–Crippen MR) is 103 cm³/mol. The Labute approximate surface area is 156 Å². The highest BCUT2D eigenvalue weighted by Gasteiger charge is 2.24. The number of nitrogens with one attached hydrogen (secondary N) is 1. The maximum Gasteiger partial charge on any atom is 0.125 e. The van der Waals surface area contributed by atoms with Gasteiger partial charge in [-0.05, 0) is 63.2 Å². The minimum Gasteiger partial charge on any atom is -0.342 e. The van der Waals surface area contributed by atoms with E-state index in [0.29, 0.717) is 5.92 Å². The SMILES string of the molecule is Cc1nc(CN2CCC(c3nc4ccc(F)cc4[nH]3)CC2)c2ccccn12. The normalized spacial score (nSPS) is 16.5. The Balaban J connectivity index is 1.29. The number of aromatic amines is 1. The lowest BCUT2D eigenvalue weighted by Crippen LogP contribution is -2.33. The van der Waals surface area contributed by atoms with E-state index in [4.69, 9.17) is 4.98 Å². The van der Waals surface area contributed by atoms with E-state index in [1.54, 1.807) is 6.07 Å². The van der Waals surface area contributed by atoms with Gasteiger partial charge in [-0.25, -0.2) is 14.4 Å². The predicted octanol–water partition coefficient (Wildman–Crippen LogP) is 4.04. The van der Waals surface area contributed by atoms with Gasteiger partial charge in [0.1, 0.15) is 17.5 Å². The molecule has 0 aliphatic carbocycles. The van der Waals surface area contributed by atoms with Gasteiger partial charge in [-0.15, -0.1) is 0 Å². The standard InChI is InChI=1S/C21H22FN5/c1-14-23-19(20-4-2-3-9-27(14)20)13-26-10-7-15(8-11-26)21-24-17-6-5-16(22)12-18(17)25-21/h2-6,9,12,15H,7-8,10-11,13H2,1H3,(H,24,25). The summed E-state index contributed by atoms with van der Waals surface area (Å²) >= 11 is 0. The molecular weight excluding hydrogens is 341 g/mol. The van der Waals surface area contributed by atoms with Gasteiger partial charge >= 0.3 is 0 Å². The molecule has 0 radical (unpaired) electrons. The van der Waals surface area contributed by atoms with Gasteiger partial charge in [-0.2, -0.15) is 0 Å². The molecule has 0 spiro atoms. The molecular formula is C21H22FN5. The molecule has 138 valence electrons. The van der Waals surface area contributed by atoms with E-state index in [1.165, 1.54) is 17.6 Å². The third-order valence-corrected chi connectivity index (χ3v) is 5.61. The van der Waals surface area contributed by atoms with Crippen LogP contribution in [0.2, 0.25) is 0 Å². The van der Waals surface area contributed by atoms with Crippen LogP contribution in [0.3, 0.4) is 0 Å². The van der Waals surface area contributed by atoms with Crippen LogP contribution >= 0.6 is 0 Å². The zero-order chi connectivity index (χ0) is 18.4. The number of nitrogens with zero attached hydrogens (tertiary/aromatic N) is 4. The molecule has 5 nitrogen and oxygen atoms in total. The van der Waals surface area contributed by atoms with Crippen molar-refractivity contribution < 1.29 is 4.39 Å². The maximum atomic E-state index is 13.4. The van der Waals surface area contributed by atoms with Crippen molar-refractivity contribution in [2.45, 2.75) is 32.2 Å². The van der Waals surface area contributed by atoms with Crippen LogP contribution in [-0.4, -0.2) is 37.3 Å². The quantitative estimate of drug-likeness (QED) is 0.598. The van der Waals surface area contributed by atoms with Crippen molar-refractivity contribution in [1.29, 1.82) is 0 Å². The number of halogens is 1. The van der Waals surface area contributed by atoms with Crippen molar-refractivity contribution in [3.05, 3.63) is 65.8 Å². The van der Waals surface area contributed by atoms with Crippen LogP contribution < -0.4 is 0 Å². The Hall–Kier alpha value is -2.73. The first-order valence-corrected chi connectivity index (χ1v) is 9.47. The monoisotopic (exact) mass is 363 g/mol. The topological polar surface area (TPSA) is 49.2 Å². The first-order chi connectivity index (χ1) is 13.2. The summed E-state index contributed by atoms with van der Waals surface area (Å²) in [6, 6.07) is 11.0. The zero-order valence-corrected chi connectivity index (χ0v) is 15.3. The van der Waals surface area contributed by atoms with Crippen LogP contribution in [0.5, 0.6) is 0 Å². The number of aryl methyl sites for hydroxylation is 1. The summed E-state index contributed by atoms with van der Waals surface area (Å²) in [6.45, 7) is 4.95. The van der Waals surface area contributed by atoms with Gasteiger partial charge in [0.05, 0.1) is 22.2 Å². The highest BCUT2D eigenvalue weighted by molar-refractivity contribution is 5.75. The van der Waals surface area contributed by atoms with Crippen molar-refractivity contribution in [3.8, 4) is 0 Å². The smallest absolute Gasteiger partial charge is 0.125 e. The van der Waals surface area contributed by atoms with Crippen LogP contribution in [0.25, 0.3) is 16.6 Å². The maximum absolute atomic E-state index is 13.4. The lowest BCUT2D eigenvalue weighted by atomic mass is 9.96. The molecule has 1 aromatic carbocycles. The molecule has 5 rings (SSSR count). The Kier molecular flexibility index (Phi) is 3.93. The van der Waals surface area contributed by atoms with Crippen LogP contribution in [-0.2, 0) is 6.54 Å². The number of likely N-dealkylation sites (tertiary alicyclic amines) is 1. The molecule has 1 N–H and O–H groups in total. The Morgan fingerprint density at radius 3 is 2.85 bits per heavy atom. The van der Waals surface area contributed by atoms with Crippen LogP contribution in [0, 0.1) is 12.7 Å². The molecule has 1 fully saturated rings. The molecule has 1 saturated heterocycles. The number of aromatic nitrogens is 4. The molecule has 0 atom stereocenters. The molecule has 0 saturated carbocycles. The molecule has 27 heavy (non-hydrogen) atoms. The van der Waals surface area contributed by atoms with Gasteiger partial charge in [0.15, 0.2) is 0 Å². The second kappa shape index (κ2) is 6.46. The summed E-state index contributed by atoms with van der Waals surface area (Å²) in [5.74, 6) is 2.19. The Morgan fingerprint density at radius 1 is 1.15 bits per heavy atom. The minimum absolute atomic E-state index is 0.227. The largest absolute Gasteiger partial charge is 0.342 e. The average Bonchev–Trinajstić information content (AvgIpc) is 3.24. The van der Waals surface area contributed by atoms with E-state index in [-0.39, 0.29) is 5.82 Å². The second-order valence-electron chi connectivity index (χ2n) is 7.40. The van der Waals surface area contributed by atoms with Crippen LogP contribution in [0.15, 0.2) is 42.6 Å². The summed E-state index contributed by atoms with van der Waals surface area (Å²) in [5.41, 5.74) is 3.96. The van der Waals surface area contributed by atoms with E-state index in [0.717, 1.165) is 60.9 Å². The highest BCUT2D eigenvalue weighted by Crippen LogP contribution is 2.29. The van der Waals surface area contributed by atoms with E-state index < -0.39 is 0 Å². The number of benzene rings is 1. The second-order valence-corrected chi connectivity index (χ2v) is 7.40. The highest BCUT2D eigenvalue weighted by atomic mass is 19.1. The molecule has 1 aliphatic rings.